The van der Waals surface area contributed by atoms with Gasteiger partial charge in [-0.1, -0.05) is 0 Å². The monoisotopic (exact) mass is 204 g/mol. The lowest BCUT2D eigenvalue weighted by Gasteiger charge is -2.03. The summed E-state index contributed by atoms with van der Waals surface area (Å²) >= 11 is 0. The lowest BCUT2D eigenvalue weighted by Crippen LogP contribution is -1.99. The van der Waals surface area contributed by atoms with E-state index in [9.17, 15) is 14.9 Å². The van der Waals surface area contributed by atoms with Gasteiger partial charge in [0.15, 0.2) is 0 Å². The third-order valence-electron chi connectivity index (χ3n) is 1.99. The first kappa shape index (κ1) is 10.9. The van der Waals surface area contributed by atoms with E-state index in [1.165, 1.54) is 12.1 Å². The van der Waals surface area contributed by atoms with Crippen molar-refractivity contribution in [2.75, 3.05) is 0 Å². The molecule has 0 aliphatic heterocycles. The highest BCUT2D eigenvalue weighted by molar-refractivity contribution is 5.77. The average molecular weight is 204 g/mol. The zero-order valence-electron chi connectivity index (χ0n) is 8.06. The Hall–Kier alpha value is -2.22. The van der Waals surface area contributed by atoms with Crippen molar-refractivity contribution in [3.8, 4) is 6.07 Å². The van der Waals surface area contributed by atoms with Crippen molar-refractivity contribution in [1.82, 2.24) is 0 Å². The Balaban J connectivity index is 3.43. The predicted octanol–water partition coefficient (Wildman–Crippen LogP) is 1.78. The number of rotatable bonds is 3. The van der Waals surface area contributed by atoms with Crippen molar-refractivity contribution in [3.63, 3.8) is 0 Å². The molecule has 0 unspecified atom stereocenters. The Labute approximate surface area is 86.1 Å². The average Bonchev–Trinajstić information content (AvgIpc) is 2.16. The third-order valence-corrected chi connectivity index (χ3v) is 1.99. The maximum atomic E-state index is 10.7. The number of nitriles is 1. The topological polar surface area (TPSA) is 84.0 Å². The van der Waals surface area contributed by atoms with Crippen molar-refractivity contribution in [2.45, 2.75) is 13.3 Å². The third kappa shape index (κ3) is 2.17. The van der Waals surface area contributed by atoms with Crippen LogP contribution in [0.3, 0.4) is 0 Å². The van der Waals surface area contributed by atoms with Crippen LogP contribution >= 0.6 is 0 Å². The number of aryl methyl sites for hydroxylation is 1. The number of nitrogens with zero attached hydrogens (tertiary/aromatic N) is 2. The fraction of sp³-hybridized carbons (Fsp3) is 0.200. The van der Waals surface area contributed by atoms with Crippen molar-refractivity contribution >= 4 is 12.0 Å². The van der Waals surface area contributed by atoms with Gasteiger partial charge in [0.2, 0.25) is 0 Å². The molecule has 0 aliphatic carbocycles. The molecule has 1 rings (SSSR count). The molecule has 0 N–H and O–H groups in total. The van der Waals surface area contributed by atoms with Gasteiger partial charge < -0.3 is 0 Å². The van der Waals surface area contributed by atoms with Crippen LogP contribution < -0.4 is 0 Å². The van der Waals surface area contributed by atoms with E-state index in [1.54, 1.807) is 6.92 Å². The molecule has 0 aliphatic rings. The Kier molecular flexibility index (Phi) is 3.13. The Morgan fingerprint density at radius 3 is 2.73 bits per heavy atom. The number of nitro groups is 1. The largest absolute Gasteiger partial charge is 0.298 e. The zero-order chi connectivity index (χ0) is 11.4. The maximum absolute atomic E-state index is 10.7. The van der Waals surface area contributed by atoms with Crippen LogP contribution in [0.5, 0.6) is 0 Å². The Morgan fingerprint density at radius 1 is 1.60 bits per heavy atom. The van der Waals surface area contributed by atoms with Gasteiger partial charge in [0, 0.05) is 16.7 Å². The van der Waals surface area contributed by atoms with Crippen LogP contribution in [0, 0.1) is 28.4 Å². The number of aldehydes is 1. The van der Waals surface area contributed by atoms with Crippen LogP contribution in [-0.2, 0) is 6.42 Å². The highest BCUT2D eigenvalue weighted by Crippen LogP contribution is 2.24. The highest BCUT2D eigenvalue weighted by Gasteiger charge is 2.17. The lowest BCUT2D eigenvalue weighted by molar-refractivity contribution is -0.386. The second kappa shape index (κ2) is 4.33. The molecule has 0 spiro atoms. The molecule has 0 saturated heterocycles. The molecule has 5 nitrogen and oxygen atoms in total. The quantitative estimate of drug-likeness (QED) is 0.426. The van der Waals surface area contributed by atoms with E-state index in [-0.39, 0.29) is 17.7 Å². The number of benzene rings is 1. The van der Waals surface area contributed by atoms with Crippen molar-refractivity contribution in [3.05, 3.63) is 38.9 Å². The van der Waals surface area contributed by atoms with Crippen LogP contribution in [0.1, 0.15) is 21.5 Å². The van der Waals surface area contributed by atoms with Gasteiger partial charge in [-0.2, -0.15) is 5.26 Å². The molecule has 0 aromatic heterocycles. The van der Waals surface area contributed by atoms with Crippen LogP contribution in [0.4, 0.5) is 5.69 Å². The number of carbonyl (C=O) groups is 1. The summed E-state index contributed by atoms with van der Waals surface area (Å²) in [5, 5.41) is 19.2. The van der Waals surface area contributed by atoms with Gasteiger partial charge in [-0.15, -0.1) is 0 Å². The predicted molar refractivity (Wildman–Crippen MR) is 52.5 cm³/mol. The summed E-state index contributed by atoms with van der Waals surface area (Å²) in [6, 6.07) is 4.65. The first-order valence-corrected chi connectivity index (χ1v) is 4.20. The van der Waals surface area contributed by atoms with Gasteiger partial charge >= 0.3 is 0 Å². The minimum atomic E-state index is -0.531. The summed E-state index contributed by atoms with van der Waals surface area (Å²) in [5.74, 6) is 0. The van der Waals surface area contributed by atoms with Gasteiger partial charge in [-0.25, -0.2) is 0 Å². The van der Waals surface area contributed by atoms with E-state index in [0.29, 0.717) is 17.4 Å². The molecule has 0 radical (unpaired) electrons. The molecule has 0 amide bonds. The Morgan fingerprint density at radius 2 is 2.27 bits per heavy atom. The summed E-state index contributed by atoms with van der Waals surface area (Å²) < 4.78 is 0. The fourth-order valence-corrected chi connectivity index (χ4v) is 1.43. The molecular formula is C10H8N2O3. The molecule has 0 fully saturated rings. The van der Waals surface area contributed by atoms with Crippen molar-refractivity contribution < 1.29 is 9.72 Å². The van der Waals surface area contributed by atoms with Crippen LogP contribution in [-0.4, -0.2) is 11.2 Å². The van der Waals surface area contributed by atoms with E-state index in [4.69, 9.17) is 5.26 Å². The number of carbonyl (C=O) groups excluding carboxylic acids is 1. The van der Waals surface area contributed by atoms with E-state index in [2.05, 4.69) is 0 Å². The summed E-state index contributed by atoms with van der Waals surface area (Å²) in [5.41, 5.74) is 0.949. The number of hydrogen-bond donors (Lipinski definition) is 0. The molecule has 15 heavy (non-hydrogen) atoms. The maximum Gasteiger partial charge on any atom is 0.276 e. The summed E-state index contributed by atoms with van der Waals surface area (Å²) in [7, 11) is 0. The Bertz CT molecular complexity index is 460. The van der Waals surface area contributed by atoms with Gasteiger partial charge in [0.05, 0.1) is 17.4 Å². The van der Waals surface area contributed by atoms with E-state index >= 15 is 0 Å². The number of nitro benzene ring substituents is 1. The molecule has 1 aromatic carbocycles. The van der Waals surface area contributed by atoms with Gasteiger partial charge in [0.25, 0.3) is 5.69 Å². The first-order valence-electron chi connectivity index (χ1n) is 4.20. The van der Waals surface area contributed by atoms with E-state index in [1.807, 2.05) is 6.07 Å². The van der Waals surface area contributed by atoms with Gasteiger partial charge in [-0.05, 0) is 19.1 Å². The molecule has 0 saturated carbocycles. The van der Waals surface area contributed by atoms with E-state index in [0.717, 1.165) is 0 Å². The first-order chi connectivity index (χ1) is 7.10. The molecule has 1 aromatic rings. The van der Waals surface area contributed by atoms with Gasteiger partial charge in [-0.3, -0.25) is 14.9 Å². The summed E-state index contributed by atoms with van der Waals surface area (Å²) in [4.78, 5) is 20.7. The number of hydrogen-bond acceptors (Lipinski definition) is 4. The standard InChI is InChI=1S/C10H8N2O3/c1-7-4-8(6-13)5-9(2-3-11)10(7)12(14)15/h4-6H,2H2,1H3. The molecule has 0 bridgehead atoms. The van der Waals surface area contributed by atoms with E-state index < -0.39 is 4.92 Å². The summed E-state index contributed by atoms with van der Waals surface area (Å²) in [6.45, 7) is 1.55. The second-order valence-electron chi connectivity index (χ2n) is 3.06. The second-order valence-corrected chi connectivity index (χ2v) is 3.06. The van der Waals surface area contributed by atoms with Gasteiger partial charge in [0.1, 0.15) is 6.29 Å². The minimum absolute atomic E-state index is 0.0706. The fourth-order valence-electron chi connectivity index (χ4n) is 1.43. The van der Waals surface area contributed by atoms with Crippen LogP contribution in [0.2, 0.25) is 0 Å². The zero-order valence-corrected chi connectivity index (χ0v) is 8.06. The smallest absolute Gasteiger partial charge is 0.276 e. The molecule has 0 atom stereocenters. The lowest BCUT2D eigenvalue weighted by atomic mass is 10.0. The van der Waals surface area contributed by atoms with Crippen molar-refractivity contribution in [2.24, 2.45) is 0 Å². The van der Waals surface area contributed by atoms with Crippen LogP contribution in [0.15, 0.2) is 12.1 Å². The van der Waals surface area contributed by atoms with Crippen molar-refractivity contribution in [1.29, 1.82) is 5.26 Å². The minimum Gasteiger partial charge on any atom is -0.298 e. The normalized spacial score (nSPS) is 9.33. The molecule has 5 heteroatoms. The van der Waals surface area contributed by atoms with Crippen LogP contribution in [0.25, 0.3) is 0 Å². The highest BCUT2D eigenvalue weighted by atomic mass is 16.6. The molecule has 0 heterocycles. The SMILES string of the molecule is Cc1cc(C=O)cc(CC#N)c1[N+](=O)[O-]. The molecule has 76 valence electrons. The summed E-state index contributed by atoms with van der Waals surface area (Å²) in [6.07, 6.45) is 0.538. The molecular weight excluding hydrogens is 196 g/mol.